The largest absolute Gasteiger partial charge is 0.391 e. The molecule has 106 valence electrons. The summed E-state index contributed by atoms with van der Waals surface area (Å²) in [7, 11) is 0. The maximum Gasteiger partial charge on any atom is 0.269 e. The quantitative estimate of drug-likeness (QED) is 0.694. The fourth-order valence-electron chi connectivity index (χ4n) is 1.94. The zero-order chi connectivity index (χ0) is 14.9. The SMILES string of the molecule is CC(C)c1nn(-c2ccc([N+](=O)[O-])cc2)c(Cl)c1CO. The van der Waals surface area contributed by atoms with Gasteiger partial charge in [-0.1, -0.05) is 25.4 Å². The third-order valence-electron chi connectivity index (χ3n) is 2.96. The maximum atomic E-state index is 10.6. The van der Waals surface area contributed by atoms with E-state index in [0.29, 0.717) is 16.4 Å². The summed E-state index contributed by atoms with van der Waals surface area (Å²) in [6.07, 6.45) is 0. The number of aromatic nitrogens is 2. The van der Waals surface area contributed by atoms with Gasteiger partial charge in [-0.2, -0.15) is 5.10 Å². The Morgan fingerprint density at radius 1 is 1.40 bits per heavy atom. The molecule has 1 N–H and O–H groups in total. The van der Waals surface area contributed by atoms with Crippen LogP contribution in [-0.4, -0.2) is 19.8 Å². The van der Waals surface area contributed by atoms with Gasteiger partial charge >= 0.3 is 0 Å². The number of nitro benzene ring substituents is 1. The van der Waals surface area contributed by atoms with E-state index in [1.807, 2.05) is 13.8 Å². The Morgan fingerprint density at radius 2 is 2.00 bits per heavy atom. The minimum atomic E-state index is -0.465. The molecule has 1 heterocycles. The highest BCUT2D eigenvalue weighted by molar-refractivity contribution is 6.30. The molecular weight excluding hydrogens is 282 g/mol. The summed E-state index contributed by atoms with van der Waals surface area (Å²) >= 11 is 6.22. The summed E-state index contributed by atoms with van der Waals surface area (Å²) in [5, 5.41) is 24.7. The van der Waals surface area contributed by atoms with Gasteiger partial charge in [-0.05, 0) is 18.1 Å². The van der Waals surface area contributed by atoms with Crippen molar-refractivity contribution in [3.05, 3.63) is 50.8 Å². The molecule has 0 unspecified atom stereocenters. The molecule has 1 aromatic carbocycles. The Labute approximate surface area is 120 Å². The molecule has 0 aliphatic rings. The number of rotatable bonds is 4. The highest BCUT2D eigenvalue weighted by atomic mass is 35.5. The van der Waals surface area contributed by atoms with Gasteiger partial charge in [-0.25, -0.2) is 4.68 Å². The number of nitrogens with zero attached hydrogens (tertiary/aromatic N) is 3. The fourth-order valence-corrected chi connectivity index (χ4v) is 2.23. The molecule has 0 aliphatic heterocycles. The Balaban J connectivity index is 2.50. The van der Waals surface area contributed by atoms with Crippen LogP contribution in [0.3, 0.4) is 0 Å². The van der Waals surface area contributed by atoms with Crippen molar-refractivity contribution in [3.63, 3.8) is 0 Å². The molecule has 0 atom stereocenters. The van der Waals surface area contributed by atoms with Gasteiger partial charge in [0.15, 0.2) is 0 Å². The van der Waals surface area contributed by atoms with E-state index in [2.05, 4.69) is 5.10 Å². The lowest BCUT2D eigenvalue weighted by Gasteiger charge is -2.02. The van der Waals surface area contributed by atoms with Gasteiger partial charge in [-0.15, -0.1) is 0 Å². The van der Waals surface area contributed by atoms with Gasteiger partial charge in [0.2, 0.25) is 0 Å². The molecule has 6 nitrogen and oxygen atoms in total. The molecule has 7 heteroatoms. The van der Waals surface area contributed by atoms with Crippen molar-refractivity contribution >= 4 is 17.3 Å². The zero-order valence-corrected chi connectivity index (χ0v) is 11.8. The summed E-state index contributed by atoms with van der Waals surface area (Å²) in [5.74, 6) is 0.119. The molecular formula is C13H14ClN3O3. The first kappa shape index (κ1) is 14.5. The van der Waals surface area contributed by atoms with E-state index in [9.17, 15) is 15.2 Å². The van der Waals surface area contributed by atoms with Crippen LogP contribution in [0, 0.1) is 10.1 Å². The highest BCUT2D eigenvalue weighted by Gasteiger charge is 2.19. The van der Waals surface area contributed by atoms with E-state index in [0.717, 1.165) is 5.69 Å². The highest BCUT2D eigenvalue weighted by Crippen LogP contribution is 2.28. The summed E-state index contributed by atoms with van der Waals surface area (Å²) in [6, 6.07) is 5.92. The van der Waals surface area contributed by atoms with E-state index in [-0.39, 0.29) is 18.2 Å². The number of halogens is 1. The van der Waals surface area contributed by atoms with Crippen LogP contribution in [0.25, 0.3) is 5.69 Å². The minimum Gasteiger partial charge on any atom is -0.391 e. The Bertz CT molecular complexity index is 635. The van der Waals surface area contributed by atoms with Crippen molar-refractivity contribution in [2.75, 3.05) is 0 Å². The monoisotopic (exact) mass is 295 g/mol. The first-order chi connectivity index (χ1) is 9.45. The van der Waals surface area contributed by atoms with Crippen LogP contribution < -0.4 is 0 Å². The van der Waals surface area contributed by atoms with E-state index in [1.54, 1.807) is 12.1 Å². The summed E-state index contributed by atoms with van der Waals surface area (Å²) in [5.41, 5.74) is 1.92. The topological polar surface area (TPSA) is 81.2 Å². The first-order valence-electron chi connectivity index (χ1n) is 6.08. The van der Waals surface area contributed by atoms with Crippen molar-refractivity contribution in [3.8, 4) is 5.69 Å². The molecule has 0 fully saturated rings. The van der Waals surface area contributed by atoms with Crippen LogP contribution in [0.5, 0.6) is 0 Å². The molecule has 0 spiro atoms. The van der Waals surface area contributed by atoms with Gasteiger partial charge in [-0.3, -0.25) is 10.1 Å². The van der Waals surface area contributed by atoms with Crippen LogP contribution in [-0.2, 0) is 6.61 Å². The van der Waals surface area contributed by atoms with Gasteiger partial charge in [0.05, 0.1) is 22.9 Å². The molecule has 2 rings (SSSR count). The lowest BCUT2D eigenvalue weighted by atomic mass is 10.1. The molecule has 0 bridgehead atoms. The molecule has 0 saturated heterocycles. The van der Waals surface area contributed by atoms with Gasteiger partial charge in [0, 0.05) is 17.7 Å². The summed E-state index contributed by atoms with van der Waals surface area (Å²) < 4.78 is 1.48. The fraction of sp³-hybridized carbons (Fsp3) is 0.308. The van der Waals surface area contributed by atoms with Crippen LogP contribution in [0.4, 0.5) is 5.69 Å². The zero-order valence-electron chi connectivity index (χ0n) is 11.1. The molecule has 1 aromatic heterocycles. The molecule has 0 radical (unpaired) electrons. The maximum absolute atomic E-state index is 10.6. The average Bonchev–Trinajstić information content (AvgIpc) is 2.76. The van der Waals surface area contributed by atoms with Crippen molar-refractivity contribution in [1.82, 2.24) is 9.78 Å². The van der Waals surface area contributed by atoms with Gasteiger partial charge < -0.3 is 5.11 Å². The second-order valence-electron chi connectivity index (χ2n) is 4.65. The van der Waals surface area contributed by atoms with Crippen molar-refractivity contribution in [2.24, 2.45) is 0 Å². The van der Waals surface area contributed by atoms with E-state index in [4.69, 9.17) is 11.6 Å². The number of hydrogen-bond acceptors (Lipinski definition) is 4. The van der Waals surface area contributed by atoms with Gasteiger partial charge in [0.25, 0.3) is 5.69 Å². The van der Waals surface area contributed by atoms with E-state index >= 15 is 0 Å². The molecule has 0 saturated carbocycles. The second-order valence-corrected chi connectivity index (χ2v) is 5.01. The average molecular weight is 296 g/mol. The van der Waals surface area contributed by atoms with Crippen molar-refractivity contribution < 1.29 is 10.0 Å². The van der Waals surface area contributed by atoms with Crippen molar-refractivity contribution in [2.45, 2.75) is 26.4 Å². The first-order valence-corrected chi connectivity index (χ1v) is 6.46. The standard InChI is InChI=1S/C13H14ClN3O3/c1-8(2)12-11(7-18)13(14)16(15-12)9-3-5-10(6-4-9)17(19)20/h3-6,8,18H,7H2,1-2H3. The lowest BCUT2D eigenvalue weighted by molar-refractivity contribution is -0.384. The number of benzene rings is 1. The summed E-state index contributed by atoms with van der Waals surface area (Å²) in [6.45, 7) is 3.72. The van der Waals surface area contributed by atoms with E-state index in [1.165, 1.54) is 16.8 Å². The Hall–Kier alpha value is -1.92. The van der Waals surface area contributed by atoms with Crippen molar-refractivity contribution in [1.29, 1.82) is 0 Å². The van der Waals surface area contributed by atoms with Gasteiger partial charge in [0.1, 0.15) is 5.15 Å². The Morgan fingerprint density at radius 3 is 2.40 bits per heavy atom. The molecule has 0 amide bonds. The third-order valence-corrected chi connectivity index (χ3v) is 3.35. The van der Waals surface area contributed by atoms with Crippen LogP contribution in [0.15, 0.2) is 24.3 Å². The minimum absolute atomic E-state index is 0.00323. The lowest BCUT2D eigenvalue weighted by Crippen LogP contribution is -1.98. The number of hydrogen-bond donors (Lipinski definition) is 1. The predicted octanol–water partition coefficient (Wildman–Crippen LogP) is 3.05. The smallest absolute Gasteiger partial charge is 0.269 e. The number of non-ortho nitro benzene ring substituents is 1. The predicted molar refractivity (Wildman–Crippen MR) is 75.2 cm³/mol. The summed E-state index contributed by atoms with van der Waals surface area (Å²) in [4.78, 5) is 10.2. The molecule has 20 heavy (non-hydrogen) atoms. The number of aliphatic hydroxyl groups excluding tert-OH is 1. The van der Waals surface area contributed by atoms with Crippen LogP contribution in [0.1, 0.15) is 31.0 Å². The Kier molecular flexibility index (Phi) is 4.06. The molecule has 0 aliphatic carbocycles. The second kappa shape index (κ2) is 5.60. The van der Waals surface area contributed by atoms with Crippen LogP contribution >= 0.6 is 11.6 Å². The normalized spacial score (nSPS) is 11.1. The third kappa shape index (κ3) is 2.52. The number of nitro groups is 1. The molecule has 2 aromatic rings. The number of aliphatic hydroxyl groups is 1. The van der Waals surface area contributed by atoms with E-state index < -0.39 is 4.92 Å². The van der Waals surface area contributed by atoms with Crippen LogP contribution in [0.2, 0.25) is 5.15 Å².